The highest BCUT2D eigenvalue weighted by molar-refractivity contribution is 5.98. The predicted molar refractivity (Wildman–Crippen MR) is 165 cm³/mol. The summed E-state index contributed by atoms with van der Waals surface area (Å²) in [6.07, 6.45) is 1.22. The number of aromatic amines is 2. The first-order valence-electron chi connectivity index (χ1n) is 14.3. The molecule has 3 aromatic heterocycles. The smallest absolute Gasteiger partial charge is 0.394 e. The molecule has 0 saturated carbocycles. The van der Waals surface area contributed by atoms with Crippen LogP contribution < -0.4 is 44.0 Å². The van der Waals surface area contributed by atoms with E-state index in [1.807, 2.05) is 12.1 Å². The summed E-state index contributed by atoms with van der Waals surface area (Å²) in [7, 11) is 0. The van der Waals surface area contributed by atoms with Crippen LogP contribution in [0.2, 0.25) is 0 Å². The lowest BCUT2D eigenvalue weighted by atomic mass is 10.0. The van der Waals surface area contributed by atoms with E-state index in [0.717, 1.165) is 26.7 Å². The van der Waals surface area contributed by atoms with Crippen LogP contribution in [0.4, 0.5) is 11.4 Å². The normalized spacial score (nSPS) is 13.9. The van der Waals surface area contributed by atoms with Crippen molar-refractivity contribution in [2.75, 3.05) is 11.1 Å². The largest absolute Gasteiger partial charge is 0.439 e. The Morgan fingerprint density at radius 2 is 1.81 bits per heavy atom. The van der Waals surface area contributed by atoms with Crippen LogP contribution in [0.15, 0.2) is 72.2 Å². The fourth-order valence-corrected chi connectivity index (χ4v) is 5.60. The van der Waals surface area contributed by atoms with Gasteiger partial charge in [-0.3, -0.25) is 28.7 Å². The average molecular weight is 637 g/mol. The fraction of sp³-hybridized carbons (Fsp3) is 0.167. The number of anilines is 2. The van der Waals surface area contributed by atoms with E-state index in [0.29, 0.717) is 24.2 Å². The van der Waals surface area contributed by atoms with Gasteiger partial charge in [0.05, 0.1) is 6.04 Å². The highest BCUT2D eigenvalue weighted by Crippen LogP contribution is 2.33. The van der Waals surface area contributed by atoms with Crippen molar-refractivity contribution in [3.05, 3.63) is 124 Å². The Morgan fingerprint density at radius 3 is 2.57 bits per heavy atom. The maximum atomic E-state index is 13.6. The zero-order chi connectivity index (χ0) is 32.8. The van der Waals surface area contributed by atoms with Gasteiger partial charge in [-0.25, -0.2) is 24.1 Å². The van der Waals surface area contributed by atoms with Crippen molar-refractivity contribution in [1.82, 2.24) is 40.4 Å². The molecule has 17 heteroatoms. The lowest BCUT2D eigenvalue weighted by Gasteiger charge is -2.15. The quantitative estimate of drug-likeness (QED) is 0.114. The van der Waals surface area contributed by atoms with Crippen molar-refractivity contribution in [1.29, 1.82) is 0 Å². The van der Waals surface area contributed by atoms with E-state index in [1.54, 1.807) is 30.3 Å². The molecule has 0 spiro atoms. The number of fused-ring (bicyclic) bond motifs is 2. The van der Waals surface area contributed by atoms with Crippen molar-refractivity contribution in [2.24, 2.45) is 0 Å². The number of nitrogens with zero attached hydrogens (tertiary/aromatic N) is 4. The van der Waals surface area contributed by atoms with Crippen molar-refractivity contribution >= 4 is 29.0 Å². The van der Waals surface area contributed by atoms with E-state index in [-0.39, 0.29) is 47.7 Å². The maximum absolute atomic E-state index is 13.6. The molecular formula is C30H24N10O7. The summed E-state index contributed by atoms with van der Waals surface area (Å²) in [6.45, 7) is 0.330. The third-order valence-corrected chi connectivity index (χ3v) is 7.96. The number of nitrogens with one attached hydrogen (secondary N) is 5. The van der Waals surface area contributed by atoms with Gasteiger partial charge in [-0.05, 0) is 47.2 Å². The number of carbonyl (C=O) groups excluding carboxylic acids is 2. The van der Waals surface area contributed by atoms with Crippen molar-refractivity contribution in [2.45, 2.75) is 32.0 Å². The number of nitrogen functional groups attached to an aromatic ring is 1. The maximum Gasteiger partial charge on any atom is 0.439 e. The van der Waals surface area contributed by atoms with E-state index < -0.39 is 34.1 Å². The zero-order valence-corrected chi connectivity index (χ0v) is 24.2. The minimum atomic E-state index is -0.710. The molecule has 47 heavy (non-hydrogen) atoms. The molecule has 1 atom stereocenters. The molecule has 1 aliphatic carbocycles. The summed E-state index contributed by atoms with van der Waals surface area (Å²) in [6, 6.07) is 13.4. The minimum Gasteiger partial charge on any atom is -0.394 e. The summed E-state index contributed by atoms with van der Waals surface area (Å²) < 4.78 is 5.58. The van der Waals surface area contributed by atoms with Crippen LogP contribution in [-0.4, -0.2) is 41.5 Å². The highest BCUT2D eigenvalue weighted by Gasteiger charge is 2.27. The highest BCUT2D eigenvalue weighted by atomic mass is 16.5. The number of hydrogen-bond donors (Lipinski definition) is 6. The molecule has 236 valence electrons. The van der Waals surface area contributed by atoms with Crippen LogP contribution in [0.3, 0.4) is 0 Å². The monoisotopic (exact) mass is 636 g/mol. The number of amides is 2. The second-order valence-electron chi connectivity index (χ2n) is 10.9. The van der Waals surface area contributed by atoms with Crippen LogP contribution in [0.25, 0.3) is 17.2 Å². The minimum absolute atomic E-state index is 0.0836. The van der Waals surface area contributed by atoms with Gasteiger partial charge < -0.3 is 21.7 Å². The van der Waals surface area contributed by atoms with Gasteiger partial charge >= 0.3 is 11.4 Å². The summed E-state index contributed by atoms with van der Waals surface area (Å²) in [5.74, 6) is -1.75. The van der Waals surface area contributed by atoms with Gasteiger partial charge in [0.2, 0.25) is 0 Å². The molecule has 0 saturated heterocycles. The van der Waals surface area contributed by atoms with Crippen LogP contribution in [0, 0.1) is 0 Å². The Morgan fingerprint density at radius 1 is 1.00 bits per heavy atom. The SMILES string of the molecule is Nc1c(NCc2cccc(CNC(=O)c3cc(C(=O)N[C@H]4CCc5cc(-c6noc(=O)[nH]6)ccc54)n4c(=O)[nH]nc4n3)c2)c(=O)c1=O. The van der Waals surface area contributed by atoms with E-state index in [1.165, 1.54) is 6.07 Å². The standard InChI is InChI=1S/C30H24N10O7/c31-21-22(24(42)23(21)41)32-11-13-2-1-3-14(8-13)12-33-26(43)19-10-20(40-28(35-19)37-38-29(40)45)27(44)34-18-7-5-15-9-16(4-6-17(15)18)25-36-30(46)47-39-25/h1-4,6,8-10,18,32H,5,7,11-12,31H2,(H,33,43)(H,34,44)(H,38,45)(H,36,39,46)/t18-/m0/s1. The molecule has 7 N–H and O–H groups in total. The van der Waals surface area contributed by atoms with Gasteiger partial charge in [-0.2, -0.15) is 0 Å². The summed E-state index contributed by atoms with van der Waals surface area (Å²) >= 11 is 0. The number of H-pyrrole nitrogens is 2. The Bertz CT molecular complexity index is 2410. The van der Waals surface area contributed by atoms with E-state index in [9.17, 15) is 28.8 Å². The van der Waals surface area contributed by atoms with Gasteiger partial charge in [-0.15, -0.1) is 5.10 Å². The van der Waals surface area contributed by atoms with E-state index in [2.05, 4.69) is 45.8 Å². The molecular weight excluding hydrogens is 612 g/mol. The molecule has 0 bridgehead atoms. The fourth-order valence-electron chi connectivity index (χ4n) is 5.60. The first-order chi connectivity index (χ1) is 22.7. The lowest BCUT2D eigenvalue weighted by Crippen LogP contribution is -2.36. The van der Waals surface area contributed by atoms with Gasteiger partial charge in [-0.1, -0.05) is 41.6 Å². The molecule has 3 aromatic carbocycles. The summed E-state index contributed by atoms with van der Waals surface area (Å²) in [5, 5.41) is 18.4. The second-order valence-corrected chi connectivity index (χ2v) is 10.9. The van der Waals surface area contributed by atoms with Crippen LogP contribution >= 0.6 is 0 Å². The molecule has 3 heterocycles. The molecule has 0 fully saturated rings. The summed E-state index contributed by atoms with van der Waals surface area (Å²) in [4.78, 5) is 80.3. The number of aromatic nitrogens is 6. The molecule has 6 aromatic rings. The molecule has 0 aliphatic heterocycles. The van der Waals surface area contributed by atoms with E-state index in [4.69, 9.17) is 5.73 Å². The second kappa shape index (κ2) is 11.4. The average Bonchev–Trinajstić information content (AvgIpc) is 3.81. The predicted octanol–water partition coefficient (Wildman–Crippen LogP) is -0.101. The van der Waals surface area contributed by atoms with Crippen LogP contribution in [-0.2, 0) is 19.5 Å². The molecule has 17 nitrogen and oxygen atoms in total. The van der Waals surface area contributed by atoms with Crippen molar-refractivity contribution in [3.8, 4) is 11.4 Å². The van der Waals surface area contributed by atoms with Gasteiger partial charge in [0, 0.05) is 18.7 Å². The third kappa shape index (κ3) is 5.34. The number of aryl methyl sites for hydroxylation is 1. The van der Waals surface area contributed by atoms with Gasteiger partial charge in [0.25, 0.3) is 28.4 Å². The van der Waals surface area contributed by atoms with Crippen molar-refractivity contribution < 1.29 is 14.1 Å². The van der Waals surface area contributed by atoms with Gasteiger partial charge in [0.1, 0.15) is 22.8 Å². The zero-order valence-electron chi connectivity index (χ0n) is 24.2. The number of carbonyl (C=O) groups is 2. The number of hydrogen-bond acceptors (Lipinski definition) is 12. The van der Waals surface area contributed by atoms with Crippen molar-refractivity contribution in [3.63, 3.8) is 0 Å². The Balaban J connectivity index is 1.06. The molecule has 2 amide bonds. The van der Waals surface area contributed by atoms with Gasteiger partial charge in [0.15, 0.2) is 5.82 Å². The Labute approximate surface area is 261 Å². The molecule has 7 rings (SSSR count). The van der Waals surface area contributed by atoms with Crippen LogP contribution in [0.5, 0.6) is 0 Å². The Kier molecular flexibility index (Phi) is 7.03. The molecule has 0 radical (unpaired) electrons. The first-order valence-corrected chi connectivity index (χ1v) is 14.3. The van der Waals surface area contributed by atoms with Crippen LogP contribution in [0.1, 0.15) is 55.7 Å². The topological polar surface area (TPSA) is 252 Å². The molecule has 1 aliphatic rings. The third-order valence-electron chi connectivity index (χ3n) is 7.96. The first kappa shape index (κ1) is 29.1. The van der Waals surface area contributed by atoms with E-state index >= 15 is 0 Å². The lowest BCUT2D eigenvalue weighted by molar-refractivity contribution is 0.0929. The molecule has 0 unspecified atom stereocenters. The summed E-state index contributed by atoms with van der Waals surface area (Å²) in [5.41, 5.74) is 7.20. The number of rotatable bonds is 9. The Hall–Kier alpha value is -6.65. The number of benzene rings is 2. The number of nitrogens with two attached hydrogens (primary N) is 1.